The molecule has 2 aromatic rings. The summed E-state index contributed by atoms with van der Waals surface area (Å²) in [6, 6.07) is 14.0. The average Bonchev–Trinajstić information content (AvgIpc) is 2.40. The zero-order chi connectivity index (χ0) is 12.1. The number of hydrogen-bond acceptors (Lipinski definition) is 3. The molecule has 0 unspecified atom stereocenters. The monoisotopic (exact) mass is 223 g/mol. The number of rotatable bonds is 2. The van der Waals surface area contributed by atoms with Crippen molar-refractivity contribution in [2.45, 2.75) is 0 Å². The molecule has 0 fully saturated rings. The lowest BCUT2D eigenvalue weighted by Crippen LogP contribution is -1.88. The summed E-state index contributed by atoms with van der Waals surface area (Å²) >= 11 is 0. The maximum absolute atomic E-state index is 8.55. The summed E-state index contributed by atoms with van der Waals surface area (Å²) in [6.45, 7) is 0. The summed E-state index contributed by atoms with van der Waals surface area (Å²) < 4.78 is 0. The van der Waals surface area contributed by atoms with Crippen LogP contribution >= 0.6 is 0 Å². The van der Waals surface area contributed by atoms with Crippen LogP contribution in [-0.2, 0) is 0 Å². The van der Waals surface area contributed by atoms with Gasteiger partial charge in [-0.15, -0.1) is 0 Å². The van der Waals surface area contributed by atoms with Gasteiger partial charge in [-0.05, 0) is 24.3 Å². The lowest BCUT2D eigenvalue weighted by Gasteiger charge is -2.03. The van der Waals surface area contributed by atoms with Crippen molar-refractivity contribution in [1.29, 1.82) is 10.8 Å². The molecule has 0 bridgehead atoms. The summed E-state index contributed by atoms with van der Waals surface area (Å²) in [6.07, 6.45) is 0. The summed E-state index contributed by atoms with van der Waals surface area (Å²) in [5, 5.41) is 20.3. The number of nitrogens with zero attached hydrogens (tertiary/aromatic N) is 4. The molecule has 0 atom stereocenters. The van der Waals surface area contributed by atoms with E-state index in [0.29, 0.717) is 11.4 Å². The molecule has 0 amide bonds. The Morgan fingerprint density at radius 3 is 1.29 bits per heavy atom. The molecule has 2 aromatic carbocycles. The molecular formula is C12H9N5+2. The van der Waals surface area contributed by atoms with Crippen LogP contribution in [-0.4, -0.2) is 0 Å². The Labute approximate surface area is 98.0 Å². The fourth-order valence-corrected chi connectivity index (χ4v) is 1.39. The summed E-state index contributed by atoms with van der Waals surface area (Å²) in [5.41, 5.74) is 2.77. The first-order valence-electron chi connectivity index (χ1n) is 4.99. The van der Waals surface area contributed by atoms with E-state index in [4.69, 9.17) is 10.8 Å². The van der Waals surface area contributed by atoms with E-state index in [0.717, 1.165) is 11.4 Å². The van der Waals surface area contributed by atoms with Crippen LogP contribution in [0.3, 0.4) is 0 Å². The zero-order valence-corrected chi connectivity index (χ0v) is 8.91. The number of anilines is 2. The summed E-state index contributed by atoms with van der Waals surface area (Å²) in [5.74, 6) is 0. The van der Waals surface area contributed by atoms with Gasteiger partial charge >= 0.3 is 11.4 Å². The molecule has 5 heteroatoms. The number of diazo groups is 2. The van der Waals surface area contributed by atoms with Crippen LogP contribution in [0.15, 0.2) is 48.5 Å². The molecular weight excluding hydrogens is 214 g/mol. The molecule has 2 rings (SSSR count). The maximum atomic E-state index is 8.55. The van der Waals surface area contributed by atoms with Crippen LogP contribution < -0.4 is 5.32 Å². The molecule has 0 aliphatic carbocycles. The summed E-state index contributed by atoms with van der Waals surface area (Å²) in [4.78, 5) is 6.15. The van der Waals surface area contributed by atoms with Crippen LogP contribution in [0.1, 0.15) is 0 Å². The van der Waals surface area contributed by atoms with Crippen molar-refractivity contribution in [3.63, 3.8) is 0 Å². The Morgan fingerprint density at radius 1 is 0.647 bits per heavy atom. The van der Waals surface area contributed by atoms with E-state index in [1.165, 1.54) is 0 Å². The van der Waals surface area contributed by atoms with Crippen LogP contribution in [0.4, 0.5) is 22.7 Å². The van der Waals surface area contributed by atoms with E-state index in [-0.39, 0.29) is 0 Å². The molecule has 5 nitrogen and oxygen atoms in total. The predicted octanol–water partition coefficient (Wildman–Crippen LogP) is 4.40. The third-order valence-electron chi connectivity index (χ3n) is 2.25. The standard InChI is InChI=1S/C12H9N5/c13-16-11-5-1-9(2-6-11)15-10-3-7-12(17-14)8-4-10/h1-8,15H/q+2. The molecule has 1 N–H and O–H groups in total. The Hall–Kier alpha value is -2.92. The van der Waals surface area contributed by atoms with Crippen molar-refractivity contribution in [1.82, 2.24) is 0 Å². The van der Waals surface area contributed by atoms with Crippen molar-refractivity contribution in [2.24, 2.45) is 0 Å². The molecule has 17 heavy (non-hydrogen) atoms. The topological polar surface area (TPSA) is 68.3 Å². The van der Waals surface area contributed by atoms with Crippen molar-refractivity contribution in [3.8, 4) is 0 Å². The van der Waals surface area contributed by atoms with Gasteiger partial charge in [0.05, 0.1) is 0 Å². The molecule has 0 saturated heterocycles. The molecule has 80 valence electrons. The average molecular weight is 223 g/mol. The lowest BCUT2D eigenvalue weighted by atomic mass is 10.2. The van der Waals surface area contributed by atoms with Crippen LogP contribution in [0.25, 0.3) is 9.95 Å². The van der Waals surface area contributed by atoms with Gasteiger partial charge in [0, 0.05) is 35.6 Å². The zero-order valence-electron chi connectivity index (χ0n) is 8.91. The molecule has 0 radical (unpaired) electrons. The van der Waals surface area contributed by atoms with E-state index < -0.39 is 0 Å². The Bertz CT molecular complexity index is 531. The predicted molar refractivity (Wildman–Crippen MR) is 65.7 cm³/mol. The van der Waals surface area contributed by atoms with Gasteiger partial charge < -0.3 is 5.32 Å². The van der Waals surface area contributed by atoms with Gasteiger partial charge in [0.25, 0.3) is 0 Å². The van der Waals surface area contributed by atoms with Gasteiger partial charge in [0.15, 0.2) is 9.95 Å². The molecule has 0 aliphatic heterocycles. The lowest BCUT2D eigenvalue weighted by molar-refractivity contribution is 1.45. The molecule has 0 aromatic heterocycles. The van der Waals surface area contributed by atoms with Gasteiger partial charge in [-0.2, -0.15) is 0 Å². The fourth-order valence-electron chi connectivity index (χ4n) is 1.39. The second-order valence-electron chi connectivity index (χ2n) is 3.42. The number of hydrogen-bond donors (Lipinski definition) is 1. The number of nitrogens with one attached hydrogen (secondary N) is 1. The highest BCUT2D eigenvalue weighted by Crippen LogP contribution is 2.22. The number of benzene rings is 2. The molecule has 0 heterocycles. The third kappa shape index (κ3) is 2.55. The van der Waals surface area contributed by atoms with Crippen LogP contribution in [0.5, 0.6) is 0 Å². The highest BCUT2D eigenvalue weighted by Gasteiger charge is 2.05. The smallest absolute Gasteiger partial charge is 0.356 e. The van der Waals surface area contributed by atoms with E-state index in [1.54, 1.807) is 48.5 Å². The molecule has 0 aliphatic rings. The van der Waals surface area contributed by atoms with Gasteiger partial charge in [-0.25, -0.2) is 0 Å². The second-order valence-corrected chi connectivity index (χ2v) is 3.42. The van der Waals surface area contributed by atoms with Crippen molar-refractivity contribution >= 4 is 22.7 Å². The van der Waals surface area contributed by atoms with E-state index in [2.05, 4.69) is 15.3 Å². The second kappa shape index (κ2) is 4.73. The highest BCUT2D eigenvalue weighted by atomic mass is 14.9. The van der Waals surface area contributed by atoms with Gasteiger partial charge in [0.1, 0.15) is 0 Å². The quantitative estimate of drug-likeness (QED) is 0.767. The van der Waals surface area contributed by atoms with Crippen LogP contribution in [0, 0.1) is 10.8 Å². The maximum Gasteiger partial charge on any atom is 0.385 e. The Balaban J connectivity index is 2.14. The molecule has 0 saturated carbocycles. The first kappa shape index (κ1) is 10.6. The van der Waals surface area contributed by atoms with Gasteiger partial charge in [-0.1, -0.05) is 0 Å². The first-order chi connectivity index (χ1) is 8.31. The molecule has 0 spiro atoms. The minimum absolute atomic E-state index is 0.505. The van der Waals surface area contributed by atoms with Crippen molar-refractivity contribution < 1.29 is 0 Å². The van der Waals surface area contributed by atoms with E-state index in [1.807, 2.05) is 0 Å². The largest absolute Gasteiger partial charge is 0.385 e. The SMILES string of the molecule is N#[N+]c1ccc(Nc2ccc([N+]#N)cc2)cc1. The Morgan fingerprint density at radius 2 is 1.00 bits per heavy atom. The van der Waals surface area contributed by atoms with Gasteiger partial charge in [-0.3, -0.25) is 0 Å². The van der Waals surface area contributed by atoms with Crippen molar-refractivity contribution in [3.05, 3.63) is 58.5 Å². The summed E-state index contributed by atoms with van der Waals surface area (Å²) in [7, 11) is 0. The Kier molecular flexibility index (Phi) is 2.95. The third-order valence-corrected chi connectivity index (χ3v) is 2.25. The first-order valence-corrected chi connectivity index (χ1v) is 4.99. The fraction of sp³-hybridized carbons (Fsp3) is 0. The highest BCUT2D eigenvalue weighted by molar-refractivity contribution is 5.64. The van der Waals surface area contributed by atoms with E-state index in [9.17, 15) is 0 Å². The van der Waals surface area contributed by atoms with E-state index >= 15 is 0 Å². The minimum atomic E-state index is 0.505. The minimum Gasteiger partial charge on any atom is -0.356 e. The van der Waals surface area contributed by atoms with Crippen LogP contribution in [0.2, 0.25) is 0 Å². The van der Waals surface area contributed by atoms with Gasteiger partial charge in [0.2, 0.25) is 10.8 Å². The normalized spacial score (nSPS) is 9.06. The van der Waals surface area contributed by atoms with Crippen molar-refractivity contribution in [2.75, 3.05) is 5.32 Å².